The minimum Gasteiger partial charge on any atom is -0.299 e. The van der Waals surface area contributed by atoms with Gasteiger partial charge in [0.1, 0.15) is 5.78 Å². The molecule has 206 valence electrons. The van der Waals surface area contributed by atoms with Crippen LogP contribution in [0.4, 0.5) is 5.69 Å². The van der Waals surface area contributed by atoms with E-state index in [1.54, 1.807) is 42.5 Å². The standard InChI is InChI=1S/C18H17BrCl2N2O.C12H13BrO2/c1-3-15(18(24)12-4-6-13(19)7-5-12)11(2)22-23-17-9-8-14(20)10-16(17)21;1-3-11(8(2)14)12(15)9-4-6-10(13)7-5-9/h4-10,15,23H,3H2,1-2H3;4-7,11H,3H2,1-2H3/b22-11+;. The van der Waals surface area contributed by atoms with Gasteiger partial charge in [0.2, 0.25) is 0 Å². The number of rotatable bonds is 10. The third-order valence-corrected chi connectivity index (χ3v) is 7.59. The fourth-order valence-corrected chi connectivity index (χ4v) is 4.74. The zero-order chi connectivity index (χ0) is 29.1. The summed E-state index contributed by atoms with van der Waals surface area (Å²) in [6.45, 7) is 7.12. The Morgan fingerprint density at radius 3 is 1.64 bits per heavy atom. The molecule has 0 heterocycles. The van der Waals surface area contributed by atoms with Crippen molar-refractivity contribution < 1.29 is 14.4 Å². The number of benzene rings is 3. The molecule has 2 atom stereocenters. The Kier molecular flexibility index (Phi) is 13.5. The number of anilines is 1. The highest BCUT2D eigenvalue weighted by Gasteiger charge is 2.22. The van der Waals surface area contributed by atoms with E-state index in [-0.39, 0.29) is 23.3 Å². The second kappa shape index (κ2) is 16.1. The number of carbonyl (C=O) groups excluding carboxylic acids is 3. The topological polar surface area (TPSA) is 75.6 Å². The zero-order valence-corrected chi connectivity index (χ0v) is 26.8. The molecule has 1 N–H and O–H groups in total. The van der Waals surface area contributed by atoms with Gasteiger partial charge in [-0.15, -0.1) is 0 Å². The Morgan fingerprint density at radius 1 is 0.769 bits per heavy atom. The van der Waals surface area contributed by atoms with E-state index in [1.165, 1.54) is 6.92 Å². The lowest BCUT2D eigenvalue weighted by molar-refractivity contribution is -0.119. The van der Waals surface area contributed by atoms with Gasteiger partial charge in [-0.25, -0.2) is 0 Å². The summed E-state index contributed by atoms with van der Waals surface area (Å²) in [4.78, 5) is 35.8. The van der Waals surface area contributed by atoms with Crippen LogP contribution in [0.25, 0.3) is 0 Å². The molecule has 0 aliphatic carbocycles. The third-order valence-electron chi connectivity index (χ3n) is 5.99. The third kappa shape index (κ3) is 9.98. The summed E-state index contributed by atoms with van der Waals surface area (Å²) in [7, 11) is 0. The minimum atomic E-state index is -0.494. The molecular formula is C30H30Br2Cl2N2O3. The SMILES string of the molecule is CCC(C(=O)c1ccc(Br)cc1)/C(C)=N/Nc1ccc(Cl)cc1Cl.CCC(C(C)=O)C(=O)c1ccc(Br)cc1. The monoisotopic (exact) mass is 694 g/mol. The average Bonchev–Trinajstić information content (AvgIpc) is 2.90. The fourth-order valence-electron chi connectivity index (χ4n) is 3.77. The molecule has 0 radical (unpaired) electrons. The van der Waals surface area contributed by atoms with Crippen LogP contribution in [0.3, 0.4) is 0 Å². The van der Waals surface area contributed by atoms with Gasteiger partial charge in [0.25, 0.3) is 0 Å². The maximum atomic E-state index is 12.7. The molecule has 0 amide bonds. The van der Waals surface area contributed by atoms with Gasteiger partial charge in [-0.2, -0.15) is 5.10 Å². The first kappa shape index (κ1) is 32.9. The van der Waals surface area contributed by atoms with Gasteiger partial charge in [-0.3, -0.25) is 19.8 Å². The molecule has 0 spiro atoms. The van der Waals surface area contributed by atoms with E-state index >= 15 is 0 Å². The van der Waals surface area contributed by atoms with Gasteiger partial charge >= 0.3 is 0 Å². The molecule has 3 rings (SSSR count). The maximum absolute atomic E-state index is 12.7. The molecule has 0 aliphatic rings. The lowest BCUT2D eigenvalue weighted by Gasteiger charge is -2.14. The first-order valence-corrected chi connectivity index (χ1v) is 14.7. The number of nitrogens with zero attached hydrogens (tertiary/aromatic N) is 1. The van der Waals surface area contributed by atoms with Crippen LogP contribution in [-0.4, -0.2) is 23.1 Å². The average molecular weight is 697 g/mol. The Balaban J connectivity index is 0.000000306. The fraction of sp³-hybridized carbons (Fsp3) is 0.267. The number of carbonyl (C=O) groups is 3. The van der Waals surface area contributed by atoms with Crippen molar-refractivity contribution in [2.45, 2.75) is 40.5 Å². The molecule has 3 aromatic carbocycles. The van der Waals surface area contributed by atoms with Gasteiger partial charge in [0.05, 0.1) is 22.5 Å². The van der Waals surface area contributed by atoms with Crippen molar-refractivity contribution in [2.24, 2.45) is 16.9 Å². The van der Waals surface area contributed by atoms with Crippen LogP contribution in [0, 0.1) is 11.8 Å². The first-order chi connectivity index (χ1) is 18.5. The quantitative estimate of drug-likeness (QED) is 0.0991. The predicted octanol–water partition coefficient (Wildman–Crippen LogP) is 9.70. The Bertz CT molecular complexity index is 1330. The van der Waals surface area contributed by atoms with E-state index in [1.807, 2.05) is 45.0 Å². The van der Waals surface area contributed by atoms with Crippen LogP contribution in [-0.2, 0) is 4.79 Å². The van der Waals surface area contributed by atoms with E-state index < -0.39 is 5.92 Å². The van der Waals surface area contributed by atoms with E-state index in [0.717, 1.165) is 8.95 Å². The maximum Gasteiger partial charge on any atom is 0.173 e. The number of hydrogen-bond acceptors (Lipinski definition) is 5. The Hall–Kier alpha value is -2.32. The first-order valence-electron chi connectivity index (χ1n) is 12.3. The van der Waals surface area contributed by atoms with Crippen molar-refractivity contribution in [3.05, 3.63) is 96.8 Å². The van der Waals surface area contributed by atoms with Gasteiger partial charge in [-0.05, 0) is 69.2 Å². The second-order valence-electron chi connectivity index (χ2n) is 8.76. The predicted molar refractivity (Wildman–Crippen MR) is 168 cm³/mol. The number of ketones is 3. The molecule has 39 heavy (non-hydrogen) atoms. The summed E-state index contributed by atoms with van der Waals surface area (Å²) in [5, 5.41) is 5.37. The van der Waals surface area contributed by atoms with Gasteiger partial charge in [0, 0.05) is 30.8 Å². The van der Waals surface area contributed by atoms with Crippen LogP contribution in [0.5, 0.6) is 0 Å². The summed E-state index contributed by atoms with van der Waals surface area (Å²) in [6.07, 6.45) is 1.23. The molecule has 3 aromatic rings. The van der Waals surface area contributed by atoms with Crippen LogP contribution in [0.2, 0.25) is 10.0 Å². The van der Waals surface area contributed by atoms with Gasteiger partial charge < -0.3 is 0 Å². The van der Waals surface area contributed by atoms with Crippen molar-refractivity contribution in [3.63, 3.8) is 0 Å². The lowest BCUT2D eigenvalue weighted by atomic mass is 9.91. The smallest absolute Gasteiger partial charge is 0.173 e. The summed E-state index contributed by atoms with van der Waals surface area (Å²) in [5.74, 6) is -0.880. The Labute approximate surface area is 256 Å². The van der Waals surface area contributed by atoms with E-state index in [0.29, 0.717) is 45.4 Å². The van der Waals surface area contributed by atoms with E-state index in [4.69, 9.17) is 23.2 Å². The number of hydrazone groups is 1. The molecular weight excluding hydrogens is 667 g/mol. The highest BCUT2D eigenvalue weighted by molar-refractivity contribution is 9.10. The number of Topliss-reactive ketones (excluding diaryl/α,β-unsaturated/α-hetero) is 3. The Morgan fingerprint density at radius 2 is 1.23 bits per heavy atom. The van der Waals surface area contributed by atoms with Crippen molar-refractivity contribution in [1.82, 2.24) is 0 Å². The molecule has 0 aliphatic heterocycles. The summed E-state index contributed by atoms with van der Waals surface area (Å²) in [6, 6.07) is 19.5. The summed E-state index contributed by atoms with van der Waals surface area (Å²) >= 11 is 18.7. The van der Waals surface area contributed by atoms with Crippen LogP contribution in [0.15, 0.2) is 80.8 Å². The molecule has 0 aromatic heterocycles. The lowest BCUT2D eigenvalue weighted by Crippen LogP contribution is -2.22. The molecule has 5 nitrogen and oxygen atoms in total. The zero-order valence-electron chi connectivity index (χ0n) is 22.1. The van der Waals surface area contributed by atoms with E-state index in [2.05, 4.69) is 42.4 Å². The highest BCUT2D eigenvalue weighted by Crippen LogP contribution is 2.26. The summed E-state index contributed by atoms with van der Waals surface area (Å²) in [5.41, 5.74) is 5.53. The normalized spacial score (nSPS) is 12.6. The summed E-state index contributed by atoms with van der Waals surface area (Å²) < 4.78 is 1.87. The van der Waals surface area contributed by atoms with Crippen LogP contribution >= 0.6 is 55.1 Å². The largest absolute Gasteiger partial charge is 0.299 e. The number of halogens is 4. The molecule has 2 unspecified atom stereocenters. The van der Waals surface area contributed by atoms with Crippen molar-refractivity contribution in [3.8, 4) is 0 Å². The van der Waals surface area contributed by atoms with Gasteiger partial charge in [-0.1, -0.05) is 93.2 Å². The van der Waals surface area contributed by atoms with Crippen LogP contribution in [0.1, 0.15) is 61.3 Å². The number of nitrogens with one attached hydrogen (secondary N) is 1. The van der Waals surface area contributed by atoms with Gasteiger partial charge in [0.15, 0.2) is 11.6 Å². The molecule has 0 fully saturated rings. The van der Waals surface area contributed by atoms with E-state index in [9.17, 15) is 14.4 Å². The van der Waals surface area contributed by atoms with Crippen LogP contribution < -0.4 is 5.43 Å². The number of hydrogen-bond donors (Lipinski definition) is 1. The van der Waals surface area contributed by atoms with Crippen molar-refractivity contribution in [1.29, 1.82) is 0 Å². The molecule has 0 saturated heterocycles. The van der Waals surface area contributed by atoms with Crippen molar-refractivity contribution >= 4 is 83.8 Å². The van der Waals surface area contributed by atoms with Crippen molar-refractivity contribution in [2.75, 3.05) is 5.43 Å². The molecule has 0 saturated carbocycles. The second-order valence-corrected chi connectivity index (χ2v) is 11.4. The minimum absolute atomic E-state index is 0.0512. The molecule has 0 bridgehead atoms. The highest BCUT2D eigenvalue weighted by atomic mass is 79.9. The molecule has 9 heteroatoms.